The molecule has 2 fully saturated rings. The van der Waals surface area contributed by atoms with E-state index in [1.807, 2.05) is 6.07 Å². The van der Waals surface area contributed by atoms with E-state index >= 15 is 0 Å². The van der Waals surface area contributed by atoms with Crippen molar-refractivity contribution in [2.45, 2.75) is 75.9 Å². The van der Waals surface area contributed by atoms with Crippen molar-refractivity contribution in [1.29, 1.82) is 0 Å². The number of aldehydes is 1. The first-order valence-electron chi connectivity index (χ1n) is 14.2. The standard InChI is InChI=1S/C31H36N6O4S/c1-29(2,3)24-12-10-21-27(34-24)37-18-31(17-30(37,4)5)14-20(31)13-23(22-11-9-19(16-38)15-32-22)33-25-7-6-8-26(35-25)42(40,41)36-28(21)39/h6-12,15-16,20,23H,13-14,17-18H2,1-5H3,(H,33,35)(H,36,39). The summed E-state index contributed by atoms with van der Waals surface area (Å²) in [7, 11) is -4.30. The number of sulfonamides is 1. The largest absolute Gasteiger partial charge is 0.362 e. The molecule has 5 heterocycles. The van der Waals surface area contributed by atoms with Gasteiger partial charge in [-0.05, 0) is 80.8 Å². The van der Waals surface area contributed by atoms with Crippen molar-refractivity contribution in [3.8, 4) is 0 Å². The van der Waals surface area contributed by atoms with Crippen LogP contribution >= 0.6 is 0 Å². The van der Waals surface area contributed by atoms with Gasteiger partial charge in [0.1, 0.15) is 11.6 Å². The normalized spacial score (nSPS) is 26.0. The van der Waals surface area contributed by atoms with Crippen molar-refractivity contribution in [2.24, 2.45) is 11.3 Å². The highest BCUT2D eigenvalue weighted by atomic mass is 32.2. The van der Waals surface area contributed by atoms with Crippen molar-refractivity contribution < 1.29 is 18.0 Å². The van der Waals surface area contributed by atoms with Gasteiger partial charge in [0.05, 0.1) is 17.3 Å². The molecule has 220 valence electrons. The summed E-state index contributed by atoms with van der Waals surface area (Å²) in [5, 5.41) is 3.13. The molecule has 0 radical (unpaired) electrons. The molecular formula is C31H36N6O4S. The molecule has 3 unspecified atom stereocenters. The summed E-state index contributed by atoms with van der Waals surface area (Å²) in [5.74, 6) is 0.466. The van der Waals surface area contributed by atoms with Gasteiger partial charge >= 0.3 is 0 Å². The van der Waals surface area contributed by atoms with E-state index in [1.165, 1.54) is 6.07 Å². The molecule has 2 aliphatic heterocycles. The number of nitrogens with zero attached hydrogens (tertiary/aromatic N) is 4. The Morgan fingerprint density at radius 3 is 2.55 bits per heavy atom. The topological polar surface area (TPSA) is 134 Å². The van der Waals surface area contributed by atoms with Gasteiger partial charge < -0.3 is 10.2 Å². The monoisotopic (exact) mass is 588 g/mol. The predicted octanol–water partition coefficient (Wildman–Crippen LogP) is 4.65. The zero-order valence-corrected chi connectivity index (χ0v) is 25.3. The van der Waals surface area contributed by atoms with Gasteiger partial charge in [0.25, 0.3) is 15.9 Å². The fraction of sp³-hybridized carbons (Fsp3) is 0.452. The molecular weight excluding hydrogens is 552 g/mol. The smallest absolute Gasteiger partial charge is 0.281 e. The maximum atomic E-state index is 13.6. The van der Waals surface area contributed by atoms with Crippen LogP contribution < -0.4 is 14.9 Å². The number of hydrogen-bond acceptors (Lipinski definition) is 9. The third-order valence-electron chi connectivity index (χ3n) is 8.86. The van der Waals surface area contributed by atoms with Gasteiger partial charge in [-0.15, -0.1) is 0 Å². The first-order chi connectivity index (χ1) is 19.7. The number of hydrogen-bond donors (Lipinski definition) is 2. The number of pyridine rings is 3. The highest BCUT2D eigenvalue weighted by Crippen LogP contribution is 2.65. The average Bonchev–Trinajstić information content (AvgIpc) is 3.50. The summed E-state index contributed by atoms with van der Waals surface area (Å²) < 4.78 is 29.1. The van der Waals surface area contributed by atoms with Gasteiger partial charge in [-0.1, -0.05) is 26.8 Å². The molecule has 10 nitrogen and oxygen atoms in total. The van der Waals surface area contributed by atoms with Gasteiger partial charge in [0.15, 0.2) is 11.3 Å². The Balaban J connectivity index is 1.48. The summed E-state index contributed by atoms with van der Waals surface area (Å²) >= 11 is 0. The van der Waals surface area contributed by atoms with E-state index in [9.17, 15) is 18.0 Å². The third kappa shape index (κ3) is 5.04. The van der Waals surface area contributed by atoms with E-state index in [4.69, 9.17) is 4.98 Å². The van der Waals surface area contributed by atoms with Gasteiger partial charge in [-0.3, -0.25) is 14.6 Å². The third-order valence-corrected chi connectivity index (χ3v) is 10.1. The van der Waals surface area contributed by atoms with E-state index in [1.54, 1.807) is 36.5 Å². The summed E-state index contributed by atoms with van der Waals surface area (Å²) in [4.78, 5) is 41.0. The number of nitrogens with one attached hydrogen (secondary N) is 2. The van der Waals surface area contributed by atoms with Crippen LogP contribution in [0.1, 0.15) is 92.0 Å². The number of carbonyl (C=O) groups excluding carboxylic acids is 2. The molecule has 1 aliphatic carbocycles. The molecule has 3 atom stereocenters. The number of fused-ring (bicyclic) bond motifs is 5. The number of aromatic nitrogens is 3. The maximum Gasteiger partial charge on any atom is 0.281 e. The highest BCUT2D eigenvalue weighted by Gasteiger charge is 2.63. The minimum atomic E-state index is -4.30. The molecule has 1 spiro atoms. The van der Waals surface area contributed by atoms with Gasteiger partial charge in [-0.25, -0.2) is 14.7 Å². The average molecular weight is 589 g/mol. The maximum absolute atomic E-state index is 13.6. The van der Waals surface area contributed by atoms with E-state index in [-0.39, 0.29) is 33.0 Å². The fourth-order valence-electron chi connectivity index (χ4n) is 6.61. The number of carbonyl (C=O) groups is 2. The Morgan fingerprint density at radius 2 is 1.86 bits per heavy atom. The van der Waals surface area contributed by atoms with Crippen molar-refractivity contribution >= 4 is 33.9 Å². The molecule has 2 N–H and O–H groups in total. The molecule has 3 aromatic rings. The second-order valence-corrected chi connectivity index (χ2v) is 15.1. The Labute approximate surface area is 246 Å². The molecule has 3 aliphatic rings. The molecule has 1 saturated carbocycles. The van der Waals surface area contributed by atoms with E-state index in [0.717, 1.165) is 36.9 Å². The zero-order valence-electron chi connectivity index (χ0n) is 24.5. The van der Waals surface area contributed by atoms with Crippen LogP contribution in [0.4, 0.5) is 11.6 Å². The van der Waals surface area contributed by atoms with Gasteiger partial charge in [-0.2, -0.15) is 8.42 Å². The molecule has 3 aromatic heterocycles. The fourth-order valence-corrected chi connectivity index (χ4v) is 7.55. The van der Waals surface area contributed by atoms with E-state index in [0.29, 0.717) is 29.7 Å². The van der Waals surface area contributed by atoms with Crippen LogP contribution in [0.3, 0.4) is 0 Å². The van der Waals surface area contributed by atoms with Crippen LogP contribution in [0.25, 0.3) is 0 Å². The summed E-state index contributed by atoms with van der Waals surface area (Å²) in [6.07, 6.45) is 4.97. The van der Waals surface area contributed by atoms with Crippen LogP contribution in [0.5, 0.6) is 0 Å². The quantitative estimate of drug-likeness (QED) is 0.410. The second-order valence-electron chi connectivity index (χ2n) is 13.5. The highest BCUT2D eigenvalue weighted by molar-refractivity contribution is 7.90. The SMILES string of the molecule is CC(C)(C)c1ccc2c(n1)N1CC3(CC3CC(c3ccc(C=O)cn3)Nc3cccc(n3)S(=O)(=O)NC2=O)CC1(C)C. The van der Waals surface area contributed by atoms with Crippen LogP contribution in [-0.4, -0.2) is 47.6 Å². The minimum absolute atomic E-state index is 0.0147. The Morgan fingerprint density at radius 1 is 1.07 bits per heavy atom. The Hall–Kier alpha value is -3.86. The lowest BCUT2D eigenvalue weighted by Gasteiger charge is -2.34. The first-order valence-corrected chi connectivity index (χ1v) is 15.7. The van der Waals surface area contributed by atoms with Crippen molar-refractivity contribution in [3.63, 3.8) is 0 Å². The number of amides is 1. The summed E-state index contributed by atoms with van der Waals surface area (Å²) in [6, 6.07) is 11.4. The lowest BCUT2D eigenvalue weighted by Crippen LogP contribution is -2.41. The van der Waals surface area contributed by atoms with Crippen molar-refractivity contribution in [3.05, 3.63) is 71.2 Å². The predicted molar refractivity (Wildman–Crippen MR) is 159 cm³/mol. The number of anilines is 2. The summed E-state index contributed by atoms with van der Waals surface area (Å²) in [5.41, 5.74) is 1.69. The van der Waals surface area contributed by atoms with Gasteiger partial charge in [0.2, 0.25) is 0 Å². The first kappa shape index (κ1) is 28.3. The molecule has 42 heavy (non-hydrogen) atoms. The van der Waals surface area contributed by atoms with Crippen molar-refractivity contribution in [2.75, 3.05) is 16.8 Å². The van der Waals surface area contributed by atoms with Crippen molar-refractivity contribution in [1.82, 2.24) is 19.7 Å². The molecule has 6 rings (SSSR count). The van der Waals surface area contributed by atoms with E-state index in [2.05, 4.69) is 59.5 Å². The molecule has 11 heteroatoms. The second kappa shape index (κ2) is 9.58. The number of rotatable bonds is 2. The van der Waals surface area contributed by atoms with Gasteiger partial charge in [0, 0.05) is 35.0 Å². The lowest BCUT2D eigenvalue weighted by atomic mass is 9.90. The van der Waals surface area contributed by atoms with Crippen LogP contribution in [0, 0.1) is 11.3 Å². The van der Waals surface area contributed by atoms with Crippen LogP contribution in [0.2, 0.25) is 0 Å². The molecule has 4 bridgehead atoms. The zero-order chi connectivity index (χ0) is 30.1. The molecule has 1 amide bonds. The molecule has 0 aromatic carbocycles. The Kier molecular flexibility index (Phi) is 6.45. The summed E-state index contributed by atoms with van der Waals surface area (Å²) in [6.45, 7) is 11.2. The molecule has 1 saturated heterocycles. The Bertz CT molecular complexity index is 1680. The van der Waals surface area contributed by atoms with Crippen LogP contribution in [0.15, 0.2) is 53.7 Å². The van der Waals surface area contributed by atoms with E-state index < -0.39 is 15.9 Å². The minimum Gasteiger partial charge on any atom is -0.362 e. The lowest BCUT2D eigenvalue weighted by molar-refractivity contribution is 0.0980. The van der Waals surface area contributed by atoms with Crippen LogP contribution in [-0.2, 0) is 15.4 Å².